The topological polar surface area (TPSA) is 20.2 Å². The minimum Gasteiger partial charge on any atom is -0.396 e. The maximum atomic E-state index is 9.60. The van der Waals surface area contributed by atoms with Gasteiger partial charge in [-0.15, -0.1) is 6.58 Å². The van der Waals surface area contributed by atoms with Crippen LogP contribution in [0.4, 0.5) is 0 Å². The fourth-order valence-electron chi connectivity index (χ4n) is 5.97. The Morgan fingerprint density at radius 2 is 1.34 bits per heavy atom. The van der Waals surface area contributed by atoms with E-state index in [2.05, 4.69) is 94.1 Å². The molecule has 1 N–H and O–H groups in total. The summed E-state index contributed by atoms with van der Waals surface area (Å²) in [5, 5.41) is 15.0. The number of aliphatic hydroxyl groups is 1. The predicted octanol–water partition coefficient (Wildman–Crippen LogP) is 9.58. The fraction of sp³-hybridized carbons (Fsp3) is 0.405. The van der Waals surface area contributed by atoms with E-state index < -0.39 is 0 Å². The Morgan fingerprint density at radius 3 is 1.95 bits per heavy atom. The highest BCUT2D eigenvalue weighted by molar-refractivity contribution is 6.07. The first kappa shape index (κ1) is 28.1. The van der Waals surface area contributed by atoms with Gasteiger partial charge in [-0.25, -0.2) is 0 Å². The van der Waals surface area contributed by atoms with E-state index in [4.69, 9.17) is 0 Å². The molecule has 38 heavy (non-hydrogen) atoms. The van der Waals surface area contributed by atoms with Gasteiger partial charge in [0.25, 0.3) is 0 Å². The lowest BCUT2D eigenvalue weighted by molar-refractivity contribution is 0.215. The van der Waals surface area contributed by atoms with Crippen molar-refractivity contribution in [1.82, 2.24) is 0 Å². The van der Waals surface area contributed by atoms with Crippen molar-refractivity contribution in [2.45, 2.75) is 85.0 Å². The van der Waals surface area contributed by atoms with Gasteiger partial charge in [0.1, 0.15) is 0 Å². The van der Waals surface area contributed by atoms with Crippen molar-refractivity contribution >= 4 is 21.5 Å². The molecule has 1 heteroatoms. The second-order valence-corrected chi connectivity index (χ2v) is 11.3. The Hall–Kier alpha value is -2.90. The average Bonchev–Trinajstić information content (AvgIpc) is 2.93. The van der Waals surface area contributed by atoms with Gasteiger partial charge in [-0.05, 0) is 114 Å². The lowest BCUT2D eigenvalue weighted by Crippen LogP contribution is -2.06. The van der Waals surface area contributed by atoms with Crippen molar-refractivity contribution in [3.05, 3.63) is 107 Å². The number of allylic oxidation sites excluding steroid dienone is 1. The summed E-state index contributed by atoms with van der Waals surface area (Å²) in [7, 11) is 0. The number of hydrogen-bond acceptors (Lipinski definition) is 1. The van der Waals surface area contributed by atoms with Gasteiger partial charge in [0, 0.05) is 6.61 Å². The zero-order valence-electron chi connectivity index (χ0n) is 23.9. The number of fused-ring (bicyclic) bond motifs is 3. The first-order valence-corrected chi connectivity index (χ1v) is 14.8. The van der Waals surface area contributed by atoms with Crippen LogP contribution in [0.2, 0.25) is 0 Å². The number of aryl methyl sites for hydroxylation is 5. The monoisotopic (exact) mass is 506 g/mol. The molecule has 4 aromatic carbocycles. The quantitative estimate of drug-likeness (QED) is 0.103. The molecule has 0 saturated carbocycles. The number of aliphatic hydroxyl groups excluding tert-OH is 1. The summed E-state index contributed by atoms with van der Waals surface area (Å²) in [4.78, 5) is 0. The van der Waals surface area contributed by atoms with Gasteiger partial charge in [0.05, 0.1) is 0 Å². The summed E-state index contributed by atoms with van der Waals surface area (Å²) in [6.45, 7) is 10.9. The summed E-state index contributed by atoms with van der Waals surface area (Å²) >= 11 is 0. The first-order valence-electron chi connectivity index (χ1n) is 14.8. The molecule has 4 aromatic rings. The molecule has 0 aromatic heterocycles. The number of hydrogen-bond donors (Lipinski definition) is 1. The normalized spacial score (nSPS) is 12.3. The van der Waals surface area contributed by atoms with E-state index in [9.17, 15) is 5.11 Å². The smallest absolute Gasteiger partial charge is 0.0462 e. The summed E-state index contributed by atoms with van der Waals surface area (Å²) in [5.41, 5.74) is 8.45. The van der Waals surface area contributed by atoms with Crippen LogP contribution in [-0.4, -0.2) is 11.7 Å². The Bertz CT molecular complexity index is 1360. The predicted molar refractivity (Wildman–Crippen MR) is 166 cm³/mol. The zero-order valence-corrected chi connectivity index (χ0v) is 23.9. The van der Waals surface area contributed by atoms with Crippen LogP contribution < -0.4 is 0 Å². The van der Waals surface area contributed by atoms with Crippen molar-refractivity contribution < 1.29 is 5.11 Å². The molecule has 0 radical (unpaired) electrons. The van der Waals surface area contributed by atoms with Crippen LogP contribution in [0.1, 0.15) is 80.7 Å². The molecule has 0 aliphatic carbocycles. The third-order valence-electron chi connectivity index (χ3n) is 8.06. The third-order valence-corrected chi connectivity index (χ3v) is 8.06. The van der Waals surface area contributed by atoms with Crippen molar-refractivity contribution in [3.63, 3.8) is 0 Å². The highest BCUT2D eigenvalue weighted by Crippen LogP contribution is 2.28. The van der Waals surface area contributed by atoms with Crippen LogP contribution in [0.3, 0.4) is 0 Å². The van der Waals surface area contributed by atoms with Gasteiger partial charge >= 0.3 is 0 Å². The van der Waals surface area contributed by atoms with E-state index in [-0.39, 0.29) is 6.61 Å². The maximum absolute atomic E-state index is 9.60. The van der Waals surface area contributed by atoms with E-state index in [0.29, 0.717) is 5.92 Å². The summed E-state index contributed by atoms with van der Waals surface area (Å²) in [6.07, 6.45) is 11.1. The molecule has 1 nitrogen and oxygen atoms in total. The minimum atomic E-state index is 0.273. The highest BCUT2D eigenvalue weighted by atomic mass is 16.3. The van der Waals surface area contributed by atoms with Crippen LogP contribution >= 0.6 is 0 Å². The van der Waals surface area contributed by atoms with Crippen LogP contribution in [0.15, 0.2) is 78.9 Å². The van der Waals surface area contributed by atoms with Crippen LogP contribution in [-0.2, 0) is 32.1 Å². The lowest BCUT2D eigenvalue weighted by Gasteiger charge is -2.14. The highest BCUT2D eigenvalue weighted by Gasteiger charge is 2.09. The van der Waals surface area contributed by atoms with Crippen LogP contribution in [0.25, 0.3) is 21.5 Å². The zero-order chi connectivity index (χ0) is 26.9. The Kier molecular flexibility index (Phi) is 10.2. The minimum absolute atomic E-state index is 0.273. The van der Waals surface area contributed by atoms with E-state index in [0.717, 1.165) is 44.9 Å². The Balaban J connectivity index is 1.37. The molecule has 0 aliphatic rings. The molecule has 200 valence electrons. The molecule has 0 fully saturated rings. The lowest BCUT2D eigenvalue weighted by atomic mass is 9.92. The second-order valence-electron chi connectivity index (χ2n) is 11.3. The van der Waals surface area contributed by atoms with Gasteiger partial charge in [-0.2, -0.15) is 0 Å². The Morgan fingerprint density at radius 1 is 0.711 bits per heavy atom. The van der Waals surface area contributed by atoms with Crippen LogP contribution in [0.5, 0.6) is 0 Å². The third kappa shape index (κ3) is 7.35. The van der Waals surface area contributed by atoms with E-state index >= 15 is 0 Å². The summed E-state index contributed by atoms with van der Waals surface area (Å²) in [6, 6.07) is 25.7. The second kappa shape index (κ2) is 13.8. The molecule has 1 unspecified atom stereocenters. The largest absolute Gasteiger partial charge is 0.396 e. The van der Waals surface area contributed by atoms with Crippen molar-refractivity contribution in [1.29, 1.82) is 0 Å². The first-order chi connectivity index (χ1) is 18.5. The van der Waals surface area contributed by atoms with Gasteiger partial charge in [0.2, 0.25) is 0 Å². The van der Waals surface area contributed by atoms with Crippen molar-refractivity contribution in [3.8, 4) is 0 Å². The molecule has 4 rings (SSSR count). The van der Waals surface area contributed by atoms with E-state index in [1.165, 1.54) is 74.2 Å². The maximum Gasteiger partial charge on any atom is 0.0462 e. The average molecular weight is 507 g/mol. The summed E-state index contributed by atoms with van der Waals surface area (Å²) in [5.74, 6) is 0.369. The number of benzene rings is 4. The van der Waals surface area contributed by atoms with Gasteiger partial charge in [-0.3, -0.25) is 0 Å². The number of unbranched alkanes of at least 4 members (excludes halogenated alkanes) is 1. The number of rotatable bonds is 14. The molecule has 0 amide bonds. The standard InChI is InChI=1S/C37H46O/c1-5-9-28-14-20-36-34(24-28)18-19-35-25-30(15-21-37(35)36)13-17-33-16-12-29(23-32(33)6-2)10-7-8-11-31(26-38)22-27(3)4/h12,14-16,18-21,23-25,31,38H,3,5-11,13,17,22,26H2,1-2,4H3. The Labute approximate surface area is 230 Å². The van der Waals surface area contributed by atoms with E-state index in [1.807, 2.05) is 0 Å². The molecule has 0 aliphatic heterocycles. The molecule has 0 bridgehead atoms. The molecule has 0 heterocycles. The van der Waals surface area contributed by atoms with Gasteiger partial charge in [-0.1, -0.05) is 99.0 Å². The fourth-order valence-corrected chi connectivity index (χ4v) is 5.97. The van der Waals surface area contributed by atoms with E-state index in [1.54, 1.807) is 0 Å². The SMILES string of the molecule is C=C(C)CC(CO)CCCCc1ccc(CCc2ccc3c(ccc4cc(CCC)ccc43)c2)c(CC)c1. The van der Waals surface area contributed by atoms with Crippen LogP contribution in [0, 0.1) is 5.92 Å². The summed E-state index contributed by atoms with van der Waals surface area (Å²) < 4.78 is 0. The van der Waals surface area contributed by atoms with Gasteiger partial charge < -0.3 is 5.11 Å². The van der Waals surface area contributed by atoms with Gasteiger partial charge in [0.15, 0.2) is 0 Å². The molecular formula is C37H46O. The molecule has 0 spiro atoms. The van der Waals surface area contributed by atoms with Crippen molar-refractivity contribution in [2.75, 3.05) is 6.61 Å². The molecule has 0 saturated heterocycles. The molecule has 1 atom stereocenters. The molecular weight excluding hydrogens is 460 g/mol. The van der Waals surface area contributed by atoms with Crippen molar-refractivity contribution in [2.24, 2.45) is 5.92 Å².